The Morgan fingerprint density at radius 1 is 1.09 bits per heavy atom. The summed E-state index contributed by atoms with van der Waals surface area (Å²) in [7, 11) is 1.80. The number of phenolic OH excluding ortho intramolecular Hbond substituents is 1. The van der Waals surface area contributed by atoms with E-state index in [1.165, 1.54) is 55.3 Å². The van der Waals surface area contributed by atoms with Crippen LogP contribution in [0.25, 0.3) is 10.8 Å². The first kappa shape index (κ1) is 34.7. The lowest BCUT2D eigenvalue weighted by Gasteiger charge is -2.50. The molecule has 0 radical (unpaired) electrons. The van der Waals surface area contributed by atoms with E-state index in [9.17, 15) is 19.1 Å². The molecule has 0 saturated heterocycles. The van der Waals surface area contributed by atoms with Crippen LogP contribution < -0.4 is 16.2 Å². The van der Waals surface area contributed by atoms with Gasteiger partial charge in [0.2, 0.25) is 5.91 Å². The molecule has 3 aliphatic carbocycles. The van der Waals surface area contributed by atoms with Gasteiger partial charge in [0.15, 0.2) is 0 Å². The molecule has 4 N–H and O–H groups in total. The number of aromatic nitrogens is 5. The Morgan fingerprint density at radius 2 is 1.94 bits per heavy atom. The summed E-state index contributed by atoms with van der Waals surface area (Å²) < 4.78 is 22.9. The second-order valence-corrected chi connectivity index (χ2v) is 16.1. The summed E-state index contributed by atoms with van der Waals surface area (Å²) in [4.78, 5) is 30.1. The molecule has 1 aliphatic heterocycles. The fraction of sp³-hybridized carbons (Fsp3) is 0.452. The molecule has 280 valence electrons. The molecule has 5 aromatic rings. The smallest absolute Gasteiger partial charge is 0.272 e. The number of H-pyrrole nitrogens is 1. The molecule has 2 saturated carbocycles. The van der Waals surface area contributed by atoms with E-state index in [4.69, 9.17) is 4.74 Å². The summed E-state index contributed by atoms with van der Waals surface area (Å²) >= 11 is 0. The maximum atomic E-state index is 14.6. The number of nitrogens with zero attached hydrogens (tertiary/aromatic N) is 4. The third-order valence-corrected chi connectivity index (χ3v) is 13.1. The van der Waals surface area contributed by atoms with Crippen molar-refractivity contribution < 1.29 is 19.0 Å². The van der Waals surface area contributed by atoms with Crippen LogP contribution >= 0.6 is 0 Å². The number of aromatic hydroxyl groups is 1. The number of fused-ring (bicyclic) bond motifs is 5. The van der Waals surface area contributed by atoms with Crippen molar-refractivity contribution in [1.29, 1.82) is 0 Å². The molecular formula is C42H46FN7O4. The number of ether oxygens (including phenoxy) is 1. The van der Waals surface area contributed by atoms with Crippen LogP contribution in [0.15, 0.2) is 65.7 Å². The lowest BCUT2D eigenvalue weighted by molar-refractivity contribution is -0.116. The molecule has 2 aromatic heterocycles. The topological polar surface area (TPSA) is 147 Å². The molecule has 12 heteroatoms. The fourth-order valence-electron chi connectivity index (χ4n) is 10.6. The second-order valence-electron chi connectivity index (χ2n) is 16.1. The zero-order chi connectivity index (χ0) is 37.1. The summed E-state index contributed by atoms with van der Waals surface area (Å²) in [6.07, 6.45) is 10.6. The number of carbonyl (C=O) groups is 1. The first-order chi connectivity index (χ1) is 26.2. The van der Waals surface area contributed by atoms with Gasteiger partial charge in [-0.3, -0.25) is 14.3 Å². The zero-order valence-electron chi connectivity index (χ0n) is 30.6. The number of hydrogen-bond acceptors (Lipinski definition) is 8. The normalized spacial score (nSPS) is 26.8. The van der Waals surface area contributed by atoms with Gasteiger partial charge in [0.05, 0.1) is 29.1 Å². The summed E-state index contributed by atoms with van der Waals surface area (Å²) in [6, 6.07) is 15.8. The van der Waals surface area contributed by atoms with E-state index >= 15 is 0 Å². The maximum absolute atomic E-state index is 14.6. The van der Waals surface area contributed by atoms with Gasteiger partial charge in [-0.25, -0.2) is 14.5 Å². The van der Waals surface area contributed by atoms with Crippen LogP contribution in [-0.2, 0) is 23.0 Å². The van der Waals surface area contributed by atoms with Gasteiger partial charge in [-0.05, 0) is 128 Å². The zero-order valence-corrected chi connectivity index (χ0v) is 30.6. The highest BCUT2D eigenvalue weighted by molar-refractivity contribution is 5.97. The SMILES string of the molecule is Cn1ncnc1[C@H]1c2n[nH]c(=O)c3cc(F)cc(c23)N[C@@H]1c1ccc(NC(=O)CCCCO[C@H]2CC[C@H]3[C@@H]4CCc5cc(O)ccc5[C@H]4CC[C@]23C)cc1. The van der Waals surface area contributed by atoms with E-state index in [2.05, 4.69) is 43.9 Å². The van der Waals surface area contributed by atoms with Gasteiger partial charge in [-0.2, -0.15) is 10.2 Å². The Kier molecular flexibility index (Phi) is 8.75. The summed E-state index contributed by atoms with van der Waals surface area (Å²) in [5.74, 6) is 1.95. The quantitative estimate of drug-likeness (QED) is 0.116. The van der Waals surface area contributed by atoms with Crippen molar-refractivity contribution >= 4 is 28.1 Å². The molecule has 2 fully saturated rings. The van der Waals surface area contributed by atoms with Crippen molar-refractivity contribution in [3.05, 3.63) is 105 Å². The number of aromatic amines is 1. The minimum Gasteiger partial charge on any atom is -0.508 e. The minimum absolute atomic E-state index is 0.0446. The summed E-state index contributed by atoms with van der Waals surface area (Å²) in [6.45, 7) is 3.12. The van der Waals surface area contributed by atoms with E-state index in [0.29, 0.717) is 64.8 Å². The third-order valence-electron chi connectivity index (χ3n) is 13.1. The minimum atomic E-state index is -0.522. The van der Waals surface area contributed by atoms with Gasteiger partial charge < -0.3 is 20.5 Å². The van der Waals surface area contributed by atoms with E-state index in [1.807, 2.05) is 36.4 Å². The fourth-order valence-corrected chi connectivity index (χ4v) is 10.6. The Bertz CT molecular complexity index is 2290. The Hall–Kier alpha value is -5.10. The number of aryl methyl sites for hydroxylation is 2. The van der Waals surface area contributed by atoms with E-state index in [0.717, 1.165) is 31.2 Å². The number of phenols is 1. The van der Waals surface area contributed by atoms with E-state index in [-0.39, 0.29) is 22.8 Å². The van der Waals surface area contributed by atoms with Crippen LogP contribution in [0.4, 0.5) is 15.8 Å². The van der Waals surface area contributed by atoms with Crippen LogP contribution in [0, 0.1) is 23.1 Å². The number of rotatable bonds is 9. The van der Waals surface area contributed by atoms with Crippen LogP contribution in [0.3, 0.4) is 0 Å². The number of amides is 1. The lowest BCUT2D eigenvalue weighted by Crippen LogP contribution is -2.44. The maximum Gasteiger partial charge on any atom is 0.272 e. The molecule has 9 rings (SSSR count). The largest absolute Gasteiger partial charge is 0.508 e. The number of unbranched alkanes of at least 4 members (excludes halogenated alkanes) is 1. The summed E-state index contributed by atoms with van der Waals surface area (Å²) in [5.41, 5.74) is 5.14. The highest BCUT2D eigenvalue weighted by atomic mass is 19.1. The molecule has 11 nitrogen and oxygen atoms in total. The van der Waals surface area contributed by atoms with E-state index < -0.39 is 23.3 Å². The first-order valence-corrected chi connectivity index (χ1v) is 19.3. The number of benzene rings is 3. The standard InChI is InChI=1S/C42H46FN7O4/c1-42-17-16-29-28-13-11-27(51)19-24(28)8-12-30(29)32(42)14-15-34(42)54-18-4-3-5-35(52)46-26-9-6-23(7-10-26)38-37(40-44-22-45-50(40)2)39-36-31(41(53)49-48-39)20-25(43)21-33(36)47-38/h6-7,9-11,13,19-22,29-30,32,34,37-38,47,51H,3-5,8,12,14-18H2,1-2H3,(H,46,52)(H,49,53)/t29-,30-,32+,34+,37-,38-,42+/m1/s1. The second kappa shape index (κ2) is 13.6. The third kappa shape index (κ3) is 5.95. The van der Waals surface area contributed by atoms with Crippen LogP contribution in [0.2, 0.25) is 0 Å². The van der Waals surface area contributed by atoms with Crippen molar-refractivity contribution in [2.45, 2.75) is 88.7 Å². The Balaban J connectivity index is 0.797. The highest BCUT2D eigenvalue weighted by Crippen LogP contribution is 2.61. The van der Waals surface area contributed by atoms with Crippen molar-refractivity contribution in [2.24, 2.45) is 24.3 Å². The number of anilines is 2. The molecule has 54 heavy (non-hydrogen) atoms. The predicted molar refractivity (Wildman–Crippen MR) is 203 cm³/mol. The summed E-state index contributed by atoms with van der Waals surface area (Å²) in [5, 5.41) is 28.5. The van der Waals surface area contributed by atoms with E-state index in [1.54, 1.807) is 11.7 Å². The number of carbonyl (C=O) groups excluding carboxylic acids is 1. The molecule has 0 bridgehead atoms. The molecule has 1 amide bonds. The van der Waals surface area contributed by atoms with Gasteiger partial charge >= 0.3 is 0 Å². The highest BCUT2D eigenvalue weighted by Gasteiger charge is 2.55. The number of halogens is 1. The number of nitrogens with one attached hydrogen (secondary N) is 3. The van der Waals surface area contributed by atoms with Crippen molar-refractivity contribution in [3.63, 3.8) is 0 Å². The van der Waals surface area contributed by atoms with Crippen molar-refractivity contribution in [2.75, 3.05) is 17.2 Å². The lowest BCUT2D eigenvalue weighted by atomic mass is 9.55. The van der Waals surface area contributed by atoms with Gasteiger partial charge in [-0.1, -0.05) is 25.1 Å². The Labute approximate surface area is 312 Å². The monoisotopic (exact) mass is 731 g/mol. The molecule has 0 unspecified atom stereocenters. The van der Waals surface area contributed by atoms with Gasteiger partial charge in [0.1, 0.15) is 23.7 Å². The van der Waals surface area contributed by atoms with Gasteiger partial charge in [-0.15, -0.1) is 0 Å². The average Bonchev–Trinajstić information content (AvgIpc) is 3.74. The van der Waals surface area contributed by atoms with Gasteiger partial charge in [0.25, 0.3) is 5.56 Å². The molecular weight excluding hydrogens is 686 g/mol. The molecule has 4 aliphatic rings. The van der Waals surface area contributed by atoms with Crippen molar-refractivity contribution in [3.8, 4) is 5.75 Å². The predicted octanol–water partition coefficient (Wildman–Crippen LogP) is 7.25. The molecule has 7 atom stereocenters. The van der Waals surface area contributed by atoms with Crippen LogP contribution in [0.1, 0.15) is 104 Å². The number of hydrogen-bond donors (Lipinski definition) is 4. The van der Waals surface area contributed by atoms with Crippen molar-refractivity contribution in [1.82, 2.24) is 25.0 Å². The first-order valence-electron chi connectivity index (χ1n) is 19.3. The van der Waals surface area contributed by atoms with Crippen LogP contribution in [0.5, 0.6) is 5.75 Å². The van der Waals surface area contributed by atoms with Crippen LogP contribution in [-0.4, -0.2) is 48.7 Å². The Morgan fingerprint density at radius 3 is 2.76 bits per heavy atom. The molecule has 3 heterocycles. The molecule has 3 aromatic carbocycles. The average molecular weight is 732 g/mol. The van der Waals surface area contributed by atoms with Gasteiger partial charge in [0, 0.05) is 36.8 Å². The molecule has 0 spiro atoms.